The molecule has 0 heterocycles. The summed E-state index contributed by atoms with van der Waals surface area (Å²) in [6, 6.07) is 15.4. The Bertz CT molecular complexity index is 508. The molecule has 0 bridgehead atoms. The molecule has 0 spiro atoms. The fourth-order valence-corrected chi connectivity index (χ4v) is 2.02. The van der Waals surface area contributed by atoms with E-state index in [-0.39, 0.29) is 0 Å². The standard InChI is InChI=1S/C15H18N2O/c1-17(11-12-6-8-14(18)9-7-12)15-5-3-2-4-13(15)10-16/h2-9,18H,10-11,16H2,1H3. The molecule has 3 nitrogen and oxygen atoms in total. The van der Waals surface area contributed by atoms with E-state index < -0.39 is 0 Å². The highest BCUT2D eigenvalue weighted by molar-refractivity contribution is 5.53. The van der Waals surface area contributed by atoms with E-state index in [0.29, 0.717) is 12.3 Å². The summed E-state index contributed by atoms with van der Waals surface area (Å²) >= 11 is 0. The maximum absolute atomic E-state index is 9.26. The Balaban J connectivity index is 2.16. The van der Waals surface area contributed by atoms with Crippen LogP contribution in [0.15, 0.2) is 48.5 Å². The molecule has 0 aliphatic heterocycles. The molecular formula is C15H18N2O. The minimum absolute atomic E-state index is 0.295. The SMILES string of the molecule is CN(Cc1ccc(O)cc1)c1ccccc1CN. The van der Waals surface area contributed by atoms with Gasteiger partial charge >= 0.3 is 0 Å². The molecule has 0 atom stereocenters. The Hall–Kier alpha value is -2.00. The third kappa shape index (κ3) is 2.81. The molecule has 3 heteroatoms. The topological polar surface area (TPSA) is 49.5 Å². The zero-order chi connectivity index (χ0) is 13.0. The Morgan fingerprint density at radius 3 is 2.39 bits per heavy atom. The van der Waals surface area contributed by atoms with Crippen LogP contribution in [0.2, 0.25) is 0 Å². The summed E-state index contributed by atoms with van der Waals surface area (Å²) in [6.45, 7) is 1.33. The summed E-state index contributed by atoms with van der Waals surface area (Å²) < 4.78 is 0. The Morgan fingerprint density at radius 2 is 1.72 bits per heavy atom. The number of hydrogen-bond acceptors (Lipinski definition) is 3. The molecule has 3 N–H and O–H groups in total. The first-order valence-electron chi connectivity index (χ1n) is 5.97. The largest absolute Gasteiger partial charge is 0.508 e. The molecule has 2 aromatic rings. The van der Waals surface area contributed by atoms with Crippen molar-refractivity contribution in [2.75, 3.05) is 11.9 Å². The normalized spacial score (nSPS) is 10.3. The minimum atomic E-state index is 0.295. The third-order valence-corrected chi connectivity index (χ3v) is 2.98. The molecular weight excluding hydrogens is 224 g/mol. The van der Waals surface area contributed by atoms with Crippen molar-refractivity contribution in [3.8, 4) is 5.75 Å². The first-order valence-corrected chi connectivity index (χ1v) is 5.97. The first kappa shape index (κ1) is 12.5. The maximum Gasteiger partial charge on any atom is 0.115 e. The first-order chi connectivity index (χ1) is 8.70. The molecule has 2 aromatic carbocycles. The molecule has 94 valence electrons. The van der Waals surface area contributed by atoms with Crippen molar-refractivity contribution in [1.29, 1.82) is 0 Å². The number of anilines is 1. The van der Waals surface area contributed by atoms with Crippen molar-refractivity contribution < 1.29 is 5.11 Å². The third-order valence-electron chi connectivity index (χ3n) is 2.98. The van der Waals surface area contributed by atoms with Gasteiger partial charge in [-0.1, -0.05) is 30.3 Å². The number of nitrogens with two attached hydrogens (primary N) is 1. The van der Waals surface area contributed by atoms with Crippen molar-refractivity contribution in [1.82, 2.24) is 0 Å². The van der Waals surface area contributed by atoms with Gasteiger partial charge < -0.3 is 15.7 Å². The average molecular weight is 242 g/mol. The van der Waals surface area contributed by atoms with E-state index in [2.05, 4.69) is 11.0 Å². The number of aromatic hydroxyl groups is 1. The van der Waals surface area contributed by atoms with E-state index in [1.807, 2.05) is 37.4 Å². The van der Waals surface area contributed by atoms with E-state index in [9.17, 15) is 5.11 Å². The molecule has 0 saturated carbocycles. The van der Waals surface area contributed by atoms with Gasteiger partial charge in [0.25, 0.3) is 0 Å². The Morgan fingerprint density at radius 1 is 1.06 bits per heavy atom. The summed E-state index contributed by atoms with van der Waals surface area (Å²) in [7, 11) is 2.04. The van der Waals surface area contributed by atoms with Crippen molar-refractivity contribution in [2.24, 2.45) is 5.73 Å². The highest BCUT2D eigenvalue weighted by Crippen LogP contribution is 2.21. The molecule has 18 heavy (non-hydrogen) atoms. The summed E-state index contributed by atoms with van der Waals surface area (Å²) in [5.41, 5.74) is 9.18. The number of hydrogen-bond donors (Lipinski definition) is 2. The molecule has 0 fully saturated rings. The fraction of sp³-hybridized carbons (Fsp3) is 0.200. The van der Waals surface area contributed by atoms with Crippen LogP contribution in [0.4, 0.5) is 5.69 Å². The molecule has 0 radical (unpaired) electrons. The van der Waals surface area contributed by atoms with Crippen LogP contribution in [0.1, 0.15) is 11.1 Å². The Kier molecular flexibility index (Phi) is 3.85. The van der Waals surface area contributed by atoms with Gasteiger partial charge in [0.1, 0.15) is 5.75 Å². The van der Waals surface area contributed by atoms with Crippen LogP contribution in [0.5, 0.6) is 5.75 Å². The lowest BCUT2D eigenvalue weighted by Crippen LogP contribution is -2.18. The van der Waals surface area contributed by atoms with Gasteiger partial charge in [0.05, 0.1) is 0 Å². The van der Waals surface area contributed by atoms with Crippen LogP contribution in [-0.2, 0) is 13.1 Å². The van der Waals surface area contributed by atoms with E-state index in [1.165, 1.54) is 0 Å². The lowest BCUT2D eigenvalue weighted by molar-refractivity contribution is 0.475. The average Bonchev–Trinajstić information content (AvgIpc) is 2.41. The van der Waals surface area contributed by atoms with Gasteiger partial charge in [-0.2, -0.15) is 0 Å². The lowest BCUT2D eigenvalue weighted by Gasteiger charge is -2.22. The van der Waals surface area contributed by atoms with Crippen molar-refractivity contribution in [3.63, 3.8) is 0 Å². The number of benzene rings is 2. The van der Waals surface area contributed by atoms with Crippen molar-refractivity contribution in [2.45, 2.75) is 13.1 Å². The molecule has 0 unspecified atom stereocenters. The van der Waals surface area contributed by atoms with Crippen LogP contribution in [0.3, 0.4) is 0 Å². The van der Waals surface area contributed by atoms with Crippen LogP contribution < -0.4 is 10.6 Å². The minimum Gasteiger partial charge on any atom is -0.508 e. The predicted molar refractivity (Wildman–Crippen MR) is 74.5 cm³/mol. The van der Waals surface area contributed by atoms with Crippen molar-refractivity contribution >= 4 is 5.69 Å². The summed E-state index contributed by atoms with van der Waals surface area (Å²) in [5.74, 6) is 0.295. The number of nitrogens with zero attached hydrogens (tertiary/aromatic N) is 1. The smallest absolute Gasteiger partial charge is 0.115 e. The predicted octanol–water partition coefficient (Wildman–Crippen LogP) is 2.49. The van der Waals surface area contributed by atoms with Gasteiger partial charge in [-0.3, -0.25) is 0 Å². The number of phenols is 1. The van der Waals surface area contributed by atoms with Crippen LogP contribution in [0, 0.1) is 0 Å². The van der Waals surface area contributed by atoms with Gasteiger partial charge in [-0.25, -0.2) is 0 Å². The van der Waals surface area contributed by atoms with Crippen molar-refractivity contribution in [3.05, 3.63) is 59.7 Å². The van der Waals surface area contributed by atoms with Gasteiger partial charge in [-0.05, 0) is 29.3 Å². The molecule has 0 aliphatic carbocycles. The molecule has 0 saturated heterocycles. The quantitative estimate of drug-likeness (QED) is 0.866. The highest BCUT2D eigenvalue weighted by Gasteiger charge is 2.06. The van der Waals surface area contributed by atoms with E-state index >= 15 is 0 Å². The van der Waals surface area contributed by atoms with E-state index in [4.69, 9.17) is 5.73 Å². The summed E-state index contributed by atoms with van der Waals surface area (Å²) in [4.78, 5) is 2.16. The molecule has 2 rings (SSSR count). The summed E-state index contributed by atoms with van der Waals surface area (Å²) in [5, 5.41) is 9.26. The number of phenolic OH excluding ortho intramolecular Hbond substituents is 1. The van der Waals surface area contributed by atoms with Crippen LogP contribution in [0.25, 0.3) is 0 Å². The summed E-state index contributed by atoms with van der Waals surface area (Å²) in [6.07, 6.45) is 0. The van der Waals surface area contributed by atoms with Crippen LogP contribution in [-0.4, -0.2) is 12.2 Å². The second-order valence-corrected chi connectivity index (χ2v) is 4.36. The zero-order valence-corrected chi connectivity index (χ0v) is 10.5. The second kappa shape index (κ2) is 5.56. The van der Waals surface area contributed by atoms with Crippen LogP contribution >= 0.6 is 0 Å². The number of rotatable bonds is 4. The van der Waals surface area contributed by atoms with Gasteiger partial charge in [-0.15, -0.1) is 0 Å². The highest BCUT2D eigenvalue weighted by atomic mass is 16.3. The van der Waals surface area contributed by atoms with E-state index in [1.54, 1.807) is 12.1 Å². The second-order valence-electron chi connectivity index (χ2n) is 4.36. The van der Waals surface area contributed by atoms with Gasteiger partial charge in [0, 0.05) is 25.8 Å². The Labute approximate surface area is 107 Å². The molecule has 0 aromatic heterocycles. The number of para-hydroxylation sites is 1. The monoisotopic (exact) mass is 242 g/mol. The lowest BCUT2D eigenvalue weighted by atomic mass is 10.1. The van der Waals surface area contributed by atoms with Gasteiger partial charge in [0.15, 0.2) is 0 Å². The molecule has 0 amide bonds. The van der Waals surface area contributed by atoms with E-state index in [0.717, 1.165) is 23.4 Å². The molecule has 0 aliphatic rings. The zero-order valence-electron chi connectivity index (χ0n) is 10.5. The van der Waals surface area contributed by atoms with Gasteiger partial charge in [0.2, 0.25) is 0 Å². The fourth-order valence-electron chi connectivity index (χ4n) is 2.02. The maximum atomic E-state index is 9.26.